The lowest BCUT2D eigenvalue weighted by molar-refractivity contribution is -0.121. The SMILES string of the molecule is Cc1nn(C)c(F)c1/C=N\NC(=O)Cn1cc(Cl)cn1. The zero-order valence-electron chi connectivity index (χ0n) is 10.8. The van der Waals surface area contributed by atoms with Crippen LogP contribution in [0.1, 0.15) is 11.3 Å². The molecule has 1 amide bonds. The molecule has 0 saturated carbocycles. The van der Waals surface area contributed by atoms with E-state index in [0.29, 0.717) is 10.7 Å². The van der Waals surface area contributed by atoms with Crippen LogP contribution in [0.15, 0.2) is 17.5 Å². The Bertz CT molecular complexity index is 662. The van der Waals surface area contributed by atoms with Crippen molar-refractivity contribution >= 4 is 23.7 Å². The molecular formula is C11H12ClFN6O. The molecule has 0 spiro atoms. The van der Waals surface area contributed by atoms with Crippen molar-refractivity contribution in [1.82, 2.24) is 25.0 Å². The van der Waals surface area contributed by atoms with Crippen molar-refractivity contribution in [3.05, 3.63) is 34.6 Å². The van der Waals surface area contributed by atoms with Crippen LogP contribution in [0.25, 0.3) is 0 Å². The molecule has 9 heteroatoms. The zero-order chi connectivity index (χ0) is 14.7. The van der Waals surface area contributed by atoms with Crippen molar-refractivity contribution < 1.29 is 9.18 Å². The predicted octanol–water partition coefficient (Wildman–Crippen LogP) is 0.868. The molecule has 2 rings (SSSR count). The number of carbonyl (C=O) groups is 1. The number of rotatable bonds is 4. The van der Waals surface area contributed by atoms with Crippen LogP contribution in [0.2, 0.25) is 5.02 Å². The Morgan fingerprint density at radius 3 is 2.95 bits per heavy atom. The van der Waals surface area contributed by atoms with E-state index in [1.165, 1.54) is 30.3 Å². The van der Waals surface area contributed by atoms with Gasteiger partial charge in [0.2, 0.25) is 5.95 Å². The lowest BCUT2D eigenvalue weighted by atomic mass is 10.3. The van der Waals surface area contributed by atoms with Gasteiger partial charge in [0.15, 0.2) is 0 Å². The second-order valence-corrected chi connectivity index (χ2v) is 4.50. The molecule has 0 atom stereocenters. The van der Waals surface area contributed by atoms with E-state index in [0.717, 1.165) is 4.68 Å². The third kappa shape index (κ3) is 3.21. The Balaban J connectivity index is 1.94. The van der Waals surface area contributed by atoms with Crippen LogP contribution in [0, 0.1) is 12.9 Å². The van der Waals surface area contributed by atoms with Crippen molar-refractivity contribution in [3.8, 4) is 0 Å². The Morgan fingerprint density at radius 1 is 1.65 bits per heavy atom. The Labute approximate surface area is 119 Å². The summed E-state index contributed by atoms with van der Waals surface area (Å²) in [5.41, 5.74) is 2.99. The number of nitrogens with one attached hydrogen (secondary N) is 1. The number of hydrazone groups is 1. The highest BCUT2D eigenvalue weighted by Gasteiger charge is 2.10. The number of carbonyl (C=O) groups excluding carboxylic acids is 1. The third-order valence-electron chi connectivity index (χ3n) is 2.49. The molecule has 0 aliphatic heterocycles. The van der Waals surface area contributed by atoms with E-state index < -0.39 is 11.9 Å². The number of aryl methyl sites for hydroxylation is 2. The maximum Gasteiger partial charge on any atom is 0.261 e. The highest BCUT2D eigenvalue weighted by Crippen LogP contribution is 2.07. The maximum atomic E-state index is 13.6. The summed E-state index contributed by atoms with van der Waals surface area (Å²) in [6.45, 7) is 1.62. The molecule has 106 valence electrons. The lowest BCUT2D eigenvalue weighted by Crippen LogP contribution is -2.23. The molecule has 0 radical (unpaired) electrons. The van der Waals surface area contributed by atoms with Crippen LogP contribution in [-0.4, -0.2) is 31.7 Å². The predicted molar refractivity (Wildman–Crippen MR) is 70.9 cm³/mol. The fraction of sp³-hybridized carbons (Fsp3) is 0.273. The number of halogens is 2. The molecule has 2 aromatic rings. The maximum absolute atomic E-state index is 13.6. The molecule has 2 heterocycles. The van der Waals surface area contributed by atoms with Crippen LogP contribution in [0.5, 0.6) is 0 Å². The minimum atomic E-state index is -0.514. The van der Waals surface area contributed by atoms with Crippen molar-refractivity contribution in [3.63, 3.8) is 0 Å². The molecular weight excluding hydrogens is 287 g/mol. The molecule has 0 aliphatic rings. The Kier molecular flexibility index (Phi) is 4.14. The molecule has 7 nitrogen and oxygen atoms in total. The molecule has 0 unspecified atom stereocenters. The quantitative estimate of drug-likeness (QED) is 0.672. The number of amides is 1. The summed E-state index contributed by atoms with van der Waals surface area (Å²) in [7, 11) is 1.49. The average Bonchev–Trinajstić information content (AvgIpc) is 2.88. The molecule has 1 N–H and O–H groups in total. The molecule has 2 aromatic heterocycles. The van der Waals surface area contributed by atoms with Gasteiger partial charge in [-0.25, -0.2) is 10.1 Å². The first-order valence-electron chi connectivity index (χ1n) is 5.66. The van der Waals surface area contributed by atoms with E-state index in [4.69, 9.17) is 11.6 Å². The van der Waals surface area contributed by atoms with Crippen LogP contribution >= 0.6 is 11.6 Å². The van der Waals surface area contributed by atoms with Crippen LogP contribution < -0.4 is 5.43 Å². The topological polar surface area (TPSA) is 77.1 Å². The van der Waals surface area contributed by atoms with Crippen molar-refractivity contribution in [1.29, 1.82) is 0 Å². The lowest BCUT2D eigenvalue weighted by Gasteiger charge is -1.99. The van der Waals surface area contributed by atoms with Gasteiger partial charge in [0.25, 0.3) is 5.91 Å². The summed E-state index contributed by atoms with van der Waals surface area (Å²) in [6.07, 6.45) is 4.15. The van der Waals surface area contributed by atoms with Gasteiger partial charge >= 0.3 is 0 Å². The van der Waals surface area contributed by atoms with E-state index in [1.807, 2.05) is 0 Å². The first-order chi connectivity index (χ1) is 9.47. The fourth-order valence-electron chi connectivity index (χ4n) is 1.57. The van der Waals surface area contributed by atoms with Gasteiger partial charge in [-0.2, -0.15) is 19.7 Å². The summed E-state index contributed by atoms with van der Waals surface area (Å²) in [5, 5.41) is 11.9. The van der Waals surface area contributed by atoms with Crippen LogP contribution in [0.3, 0.4) is 0 Å². The Hall–Kier alpha value is -2.22. The fourth-order valence-corrected chi connectivity index (χ4v) is 1.73. The first-order valence-corrected chi connectivity index (χ1v) is 6.04. The summed E-state index contributed by atoms with van der Waals surface area (Å²) >= 11 is 5.67. The molecule has 20 heavy (non-hydrogen) atoms. The Morgan fingerprint density at radius 2 is 2.40 bits per heavy atom. The first kappa shape index (κ1) is 14.2. The van der Waals surface area contributed by atoms with Gasteiger partial charge in [0.1, 0.15) is 6.54 Å². The number of hydrogen-bond donors (Lipinski definition) is 1. The van der Waals surface area contributed by atoms with Gasteiger partial charge in [-0.3, -0.25) is 9.48 Å². The molecule has 0 bridgehead atoms. The summed E-state index contributed by atoms with van der Waals surface area (Å²) in [4.78, 5) is 11.5. The van der Waals surface area contributed by atoms with Gasteiger partial charge in [-0.15, -0.1) is 0 Å². The largest absolute Gasteiger partial charge is 0.271 e. The number of nitrogens with zero attached hydrogens (tertiary/aromatic N) is 5. The zero-order valence-corrected chi connectivity index (χ0v) is 11.6. The normalized spacial score (nSPS) is 11.2. The molecule has 0 fully saturated rings. The van der Waals surface area contributed by atoms with E-state index in [-0.39, 0.29) is 12.1 Å². The highest BCUT2D eigenvalue weighted by atomic mass is 35.5. The number of aromatic nitrogens is 4. The molecule has 0 aliphatic carbocycles. The number of hydrogen-bond acceptors (Lipinski definition) is 4. The van der Waals surface area contributed by atoms with E-state index >= 15 is 0 Å². The highest BCUT2D eigenvalue weighted by molar-refractivity contribution is 6.30. The van der Waals surface area contributed by atoms with Crippen molar-refractivity contribution in [2.75, 3.05) is 0 Å². The van der Waals surface area contributed by atoms with Gasteiger partial charge in [0, 0.05) is 13.2 Å². The van der Waals surface area contributed by atoms with Gasteiger partial charge in [-0.1, -0.05) is 11.6 Å². The van der Waals surface area contributed by atoms with Crippen molar-refractivity contribution in [2.45, 2.75) is 13.5 Å². The summed E-state index contributed by atoms with van der Waals surface area (Å²) in [6, 6.07) is 0. The minimum absolute atomic E-state index is 0.0292. The van der Waals surface area contributed by atoms with E-state index in [2.05, 4.69) is 20.7 Å². The summed E-state index contributed by atoms with van der Waals surface area (Å²) in [5.74, 6) is -0.915. The minimum Gasteiger partial charge on any atom is -0.271 e. The van der Waals surface area contributed by atoms with Crippen molar-refractivity contribution in [2.24, 2.45) is 12.1 Å². The summed E-state index contributed by atoms with van der Waals surface area (Å²) < 4.78 is 16.0. The van der Waals surface area contributed by atoms with E-state index in [9.17, 15) is 9.18 Å². The standard InChI is InChI=1S/C11H12ClFN6O/c1-7-9(11(13)18(2)17-7)4-14-16-10(20)6-19-5-8(12)3-15-19/h3-5H,6H2,1-2H3,(H,16,20)/b14-4-. The second kappa shape index (κ2) is 5.83. The third-order valence-corrected chi connectivity index (χ3v) is 2.68. The average molecular weight is 299 g/mol. The van der Waals surface area contributed by atoms with Gasteiger partial charge in [-0.05, 0) is 6.92 Å². The van der Waals surface area contributed by atoms with E-state index in [1.54, 1.807) is 6.92 Å². The molecule has 0 aromatic carbocycles. The van der Waals surface area contributed by atoms with Gasteiger partial charge in [0.05, 0.1) is 28.7 Å². The monoisotopic (exact) mass is 298 g/mol. The van der Waals surface area contributed by atoms with Crippen LogP contribution in [0.4, 0.5) is 4.39 Å². The van der Waals surface area contributed by atoms with Crippen LogP contribution in [-0.2, 0) is 18.4 Å². The van der Waals surface area contributed by atoms with Gasteiger partial charge < -0.3 is 0 Å². The second-order valence-electron chi connectivity index (χ2n) is 4.06. The smallest absolute Gasteiger partial charge is 0.261 e. The molecule has 0 saturated heterocycles.